The van der Waals surface area contributed by atoms with Gasteiger partial charge in [-0.15, -0.1) is 0 Å². The third-order valence-corrected chi connectivity index (χ3v) is 9.84. The molecule has 0 saturated carbocycles. The molecule has 0 N–H and O–H groups in total. The van der Waals surface area contributed by atoms with E-state index in [1.54, 1.807) is 0 Å². The highest BCUT2D eigenvalue weighted by molar-refractivity contribution is 9.10. The van der Waals surface area contributed by atoms with Gasteiger partial charge < -0.3 is 0 Å². The Morgan fingerprint density at radius 2 is 0.780 bits per heavy atom. The molecule has 1 heteroatoms. The first-order chi connectivity index (χ1) is 20.1. The molecule has 0 bridgehead atoms. The molecule has 0 unspecified atom stereocenters. The highest BCUT2D eigenvalue weighted by Gasteiger charge is 2.27. The maximum absolute atomic E-state index is 3.88. The van der Waals surface area contributed by atoms with Crippen LogP contribution in [0.15, 0.2) is 120 Å². The van der Waals surface area contributed by atoms with Crippen LogP contribution in [0, 0.1) is 13.8 Å². The topological polar surface area (TPSA) is 0 Å². The van der Waals surface area contributed by atoms with Crippen LogP contribution in [0.2, 0.25) is 0 Å². The summed E-state index contributed by atoms with van der Waals surface area (Å²) in [5.74, 6) is 0. The second-order valence-corrected chi connectivity index (χ2v) is 12.4. The molecule has 0 fully saturated rings. The summed E-state index contributed by atoms with van der Waals surface area (Å²) in [7, 11) is 0. The van der Waals surface area contributed by atoms with E-state index in [0.717, 1.165) is 4.47 Å². The maximum Gasteiger partial charge on any atom is 0.0254 e. The van der Waals surface area contributed by atoms with Crippen molar-refractivity contribution in [1.29, 1.82) is 0 Å². The molecule has 9 aromatic rings. The van der Waals surface area contributed by atoms with Crippen LogP contribution >= 0.6 is 15.9 Å². The largest absolute Gasteiger partial charge is 0.0610 e. The number of fused-ring (bicyclic) bond motifs is 6. The van der Waals surface area contributed by atoms with Crippen LogP contribution in [-0.4, -0.2) is 0 Å². The zero-order valence-electron chi connectivity index (χ0n) is 22.8. The van der Waals surface area contributed by atoms with Crippen LogP contribution in [0.5, 0.6) is 0 Å². The summed E-state index contributed by atoms with van der Waals surface area (Å²) in [4.78, 5) is 0. The molecule has 9 aromatic carbocycles. The van der Waals surface area contributed by atoms with E-state index in [1.807, 2.05) is 0 Å². The van der Waals surface area contributed by atoms with Gasteiger partial charge in [-0.3, -0.25) is 0 Å². The molecular formula is C40H25Br. The molecule has 0 heterocycles. The summed E-state index contributed by atoms with van der Waals surface area (Å²) < 4.78 is 1.14. The fourth-order valence-corrected chi connectivity index (χ4v) is 7.85. The quantitative estimate of drug-likeness (QED) is 0.189. The molecule has 0 nitrogen and oxygen atoms in total. The molecule has 192 valence electrons. The Morgan fingerprint density at radius 1 is 0.366 bits per heavy atom. The van der Waals surface area contributed by atoms with Gasteiger partial charge in [-0.2, -0.15) is 0 Å². The standard InChI is InChI=1S/C40H25Br/c1-22-12-16-25(17-13-22)34-37-28-9-3-6-24-7-4-10-29(33(24)28)38(37)35(26-18-14-23(2)15-19-26)40-31-20-21-32(41)27-8-5-11-30(36(27)31)39(34)40/h3-21H,1-2H3. The lowest BCUT2D eigenvalue weighted by Gasteiger charge is -2.16. The van der Waals surface area contributed by atoms with Gasteiger partial charge in [-0.05, 0) is 107 Å². The van der Waals surface area contributed by atoms with Gasteiger partial charge >= 0.3 is 0 Å². The van der Waals surface area contributed by atoms with Crippen molar-refractivity contribution in [1.82, 2.24) is 0 Å². The monoisotopic (exact) mass is 584 g/mol. The minimum absolute atomic E-state index is 1.14. The van der Waals surface area contributed by atoms with E-state index >= 15 is 0 Å². The van der Waals surface area contributed by atoms with Gasteiger partial charge in [0, 0.05) is 4.47 Å². The van der Waals surface area contributed by atoms with E-state index in [2.05, 4.69) is 145 Å². The number of aryl methyl sites for hydroxylation is 2. The molecule has 0 spiro atoms. The van der Waals surface area contributed by atoms with Crippen LogP contribution in [0.25, 0.3) is 86.9 Å². The number of halogens is 1. The van der Waals surface area contributed by atoms with Crippen molar-refractivity contribution < 1.29 is 0 Å². The molecular weight excluding hydrogens is 560 g/mol. The molecule has 41 heavy (non-hydrogen) atoms. The Balaban J connectivity index is 1.69. The first-order valence-electron chi connectivity index (χ1n) is 14.2. The highest BCUT2D eigenvalue weighted by atomic mass is 79.9. The molecule has 0 amide bonds. The average molecular weight is 586 g/mol. The lowest BCUT2D eigenvalue weighted by molar-refractivity contribution is 1.47. The van der Waals surface area contributed by atoms with E-state index in [0.29, 0.717) is 0 Å². The number of rotatable bonds is 2. The Morgan fingerprint density at radius 3 is 1.29 bits per heavy atom. The third-order valence-electron chi connectivity index (χ3n) is 9.15. The van der Waals surface area contributed by atoms with Gasteiger partial charge in [0.25, 0.3) is 0 Å². The second kappa shape index (κ2) is 8.28. The van der Waals surface area contributed by atoms with Crippen molar-refractivity contribution in [2.24, 2.45) is 0 Å². The summed E-state index contributed by atoms with van der Waals surface area (Å²) in [6.07, 6.45) is 0. The summed E-state index contributed by atoms with van der Waals surface area (Å²) in [5, 5.41) is 16.0. The van der Waals surface area contributed by atoms with Crippen LogP contribution < -0.4 is 0 Å². The normalized spacial score (nSPS) is 12.3. The van der Waals surface area contributed by atoms with E-state index in [9.17, 15) is 0 Å². The molecule has 0 atom stereocenters. The summed E-state index contributed by atoms with van der Waals surface area (Å²) in [5.41, 5.74) is 7.78. The predicted molar refractivity (Wildman–Crippen MR) is 182 cm³/mol. The predicted octanol–water partition coefficient (Wildman–Crippen LogP) is 12.2. The molecule has 9 rings (SSSR count). The van der Waals surface area contributed by atoms with Crippen LogP contribution in [0.1, 0.15) is 11.1 Å². The van der Waals surface area contributed by atoms with Gasteiger partial charge in [-0.1, -0.05) is 136 Å². The van der Waals surface area contributed by atoms with Crippen molar-refractivity contribution in [3.63, 3.8) is 0 Å². The summed E-state index contributed by atoms with van der Waals surface area (Å²) in [6, 6.07) is 43.3. The zero-order chi connectivity index (χ0) is 27.4. The van der Waals surface area contributed by atoms with Crippen molar-refractivity contribution in [2.75, 3.05) is 0 Å². The SMILES string of the molecule is Cc1ccc(-c2c3c4cccc5cccc(c3c(-c3ccc(C)cc3)c3c6ccc(Br)c7cccc(c23)c76)c54)cc1. The molecule has 0 saturated heterocycles. The van der Waals surface area contributed by atoms with E-state index in [4.69, 9.17) is 0 Å². The number of hydrogen-bond donors (Lipinski definition) is 0. The van der Waals surface area contributed by atoms with Gasteiger partial charge in [0.05, 0.1) is 0 Å². The first kappa shape index (κ1) is 23.3. The van der Waals surface area contributed by atoms with E-state index in [1.165, 1.54) is 98.0 Å². The first-order valence-corrected chi connectivity index (χ1v) is 15.0. The van der Waals surface area contributed by atoms with Gasteiger partial charge in [0.15, 0.2) is 0 Å². The lowest BCUT2D eigenvalue weighted by atomic mass is 9.87. The molecule has 0 aliphatic heterocycles. The van der Waals surface area contributed by atoms with Gasteiger partial charge in [0.2, 0.25) is 0 Å². The summed E-state index contributed by atoms with van der Waals surface area (Å²) >= 11 is 3.88. The highest BCUT2D eigenvalue weighted by Crippen LogP contribution is 2.55. The van der Waals surface area contributed by atoms with Crippen molar-refractivity contribution in [2.45, 2.75) is 13.8 Å². The fourth-order valence-electron chi connectivity index (χ4n) is 7.39. The smallest absolute Gasteiger partial charge is 0.0254 e. The van der Waals surface area contributed by atoms with Gasteiger partial charge in [-0.25, -0.2) is 0 Å². The molecule has 0 aliphatic carbocycles. The van der Waals surface area contributed by atoms with Crippen LogP contribution in [-0.2, 0) is 0 Å². The van der Waals surface area contributed by atoms with Crippen molar-refractivity contribution >= 4 is 80.6 Å². The number of benzene rings is 7. The van der Waals surface area contributed by atoms with E-state index < -0.39 is 0 Å². The maximum atomic E-state index is 3.88. The zero-order valence-corrected chi connectivity index (χ0v) is 24.4. The van der Waals surface area contributed by atoms with Crippen LogP contribution in [0.3, 0.4) is 0 Å². The third kappa shape index (κ3) is 3.05. The Bertz CT molecular complexity index is 2330. The Kier molecular flexibility index (Phi) is 4.70. The summed E-state index contributed by atoms with van der Waals surface area (Å²) in [6.45, 7) is 4.34. The van der Waals surface area contributed by atoms with Crippen molar-refractivity contribution in [3.8, 4) is 22.3 Å². The molecule has 0 aromatic heterocycles. The minimum Gasteiger partial charge on any atom is -0.0610 e. The Hall–Kier alpha value is -4.46. The lowest BCUT2D eigenvalue weighted by Crippen LogP contribution is -1.88. The molecule has 0 aliphatic rings. The van der Waals surface area contributed by atoms with Crippen LogP contribution in [0.4, 0.5) is 0 Å². The van der Waals surface area contributed by atoms with Crippen molar-refractivity contribution in [3.05, 3.63) is 131 Å². The Labute approximate surface area is 246 Å². The average Bonchev–Trinajstić information content (AvgIpc) is 3.51. The number of hydrogen-bond acceptors (Lipinski definition) is 0. The minimum atomic E-state index is 1.14. The molecule has 0 radical (unpaired) electrons. The second-order valence-electron chi connectivity index (χ2n) is 11.5. The van der Waals surface area contributed by atoms with E-state index in [-0.39, 0.29) is 0 Å². The fraction of sp³-hybridized carbons (Fsp3) is 0.0500. The van der Waals surface area contributed by atoms with Gasteiger partial charge in [0.1, 0.15) is 0 Å².